The summed E-state index contributed by atoms with van der Waals surface area (Å²) in [6.45, 7) is 4.78. The average molecular weight is 323 g/mol. The lowest BCUT2D eigenvalue weighted by Gasteiger charge is -2.35. The number of pyridine rings is 1. The number of hydrogen-bond donors (Lipinski definition) is 0. The second-order valence-electron chi connectivity index (χ2n) is 6.01. The molecule has 1 aliphatic heterocycles. The Morgan fingerprint density at radius 1 is 1.00 bits per heavy atom. The number of anilines is 1. The Labute approximate surface area is 141 Å². The van der Waals surface area contributed by atoms with Gasteiger partial charge < -0.3 is 9.64 Å². The van der Waals surface area contributed by atoms with Gasteiger partial charge in [0.1, 0.15) is 11.6 Å². The second kappa shape index (κ2) is 6.49. The minimum absolute atomic E-state index is 0.794. The molecule has 0 amide bonds. The number of ether oxygens (including phenoxy) is 1. The molecule has 0 radical (unpaired) electrons. The Balaban J connectivity index is 1.39. The standard InChI is InChI=1S/C18H21N5O/c1-24-16-6-7-18(19-13-16)22-10-8-21(9-11-22)14-23-17-5-3-2-4-15(17)12-20-23/h2-7,12-13H,8-11,14H2,1H3. The molecule has 6 nitrogen and oxygen atoms in total. The van der Waals surface area contributed by atoms with Crippen molar-refractivity contribution in [3.63, 3.8) is 0 Å². The summed E-state index contributed by atoms with van der Waals surface area (Å²) >= 11 is 0. The van der Waals surface area contributed by atoms with Gasteiger partial charge in [-0.1, -0.05) is 18.2 Å². The van der Waals surface area contributed by atoms with Gasteiger partial charge in [-0.3, -0.25) is 9.58 Å². The molecule has 1 aliphatic rings. The van der Waals surface area contributed by atoms with Crippen LogP contribution in [0.2, 0.25) is 0 Å². The molecule has 24 heavy (non-hydrogen) atoms. The van der Waals surface area contributed by atoms with Crippen molar-refractivity contribution < 1.29 is 4.74 Å². The number of fused-ring (bicyclic) bond motifs is 1. The highest BCUT2D eigenvalue weighted by Crippen LogP contribution is 2.18. The molecule has 3 heterocycles. The summed E-state index contributed by atoms with van der Waals surface area (Å²) in [5.41, 5.74) is 1.19. The van der Waals surface area contributed by atoms with E-state index < -0.39 is 0 Å². The number of hydrogen-bond acceptors (Lipinski definition) is 5. The van der Waals surface area contributed by atoms with Crippen LogP contribution in [-0.2, 0) is 6.67 Å². The van der Waals surface area contributed by atoms with Crippen LogP contribution in [0.5, 0.6) is 5.75 Å². The largest absolute Gasteiger partial charge is 0.495 e. The molecule has 0 saturated carbocycles. The minimum atomic E-state index is 0.794. The lowest BCUT2D eigenvalue weighted by atomic mass is 10.2. The number of rotatable bonds is 4. The van der Waals surface area contributed by atoms with E-state index in [0.717, 1.165) is 44.4 Å². The Morgan fingerprint density at radius 2 is 1.83 bits per heavy atom. The zero-order valence-corrected chi connectivity index (χ0v) is 13.8. The molecule has 124 valence electrons. The highest BCUT2D eigenvalue weighted by Gasteiger charge is 2.18. The van der Waals surface area contributed by atoms with Gasteiger partial charge in [0, 0.05) is 31.6 Å². The van der Waals surface area contributed by atoms with Crippen LogP contribution in [0.15, 0.2) is 48.8 Å². The van der Waals surface area contributed by atoms with Gasteiger partial charge in [0.15, 0.2) is 0 Å². The van der Waals surface area contributed by atoms with Gasteiger partial charge in [-0.2, -0.15) is 5.10 Å². The predicted octanol–water partition coefficient (Wildman–Crippen LogP) is 2.22. The fraction of sp³-hybridized carbons (Fsp3) is 0.333. The SMILES string of the molecule is COc1ccc(N2CCN(Cn3ncc4ccccc43)CC2)nc1. The van der Waals surface area contributed by atoms with Crippen molar-refractivity contribution in [3.8, 4) is 5.75 Å². The number of para-hydroxylation sites is 1. The molecule has 2 aromatic heterocycles. The van der Waals surface area contributed by atoms with E-state index in [9.17, 15) is 0 Å². The summed E-state index contributed by atoms with van der Waals surface area (Å²) in [5, 5.41) is 5.71. The van der Waals surface area contributed by atoms with Crippen molar-refractivity contribution in [2.45, 2.75) is 6.67 Å². The van der Waals surface area contributed by atoms with Gasteiger partial charge in [-0.25, -0.2) is 4.98 Å². The van der Waals surface area contributed by atoms with Crippen LogP contribution in [0.3, 0.4) is 0 Å². The first-order chi connectivity index (χ1) is 11.8. The molecule has 0 atom stereocenters. The number of aromatic nitrogens is 3. The first-order valence-corrected chi connectivity index (χ1v) is 8.21. The topological polar surface area (TPSA) is 46.4 Å². The van der Waals surface area contributed by atoms with Gasteiger partial charge in [0.2, 0.25) is 0 Å². The van der Waals surface area contributed by atoms with Gasteiger partial charge in [-0.05, 0) is 18.2 Å². The van der Waals surface area contributed by atoms with E-state index in [1.165, 1.54) is 10.9 Å². The first kappa shape index (κ1) is 15.0. The third kappa shape index (κ3) is 2.92. The predicted molar refractivity (Wildman–Crippen MR) is 94.3 cm³/mol. The average Bonchev–Trinajstić information content (AvgIpc) is 3.06. The van der Waals surface area contributed by atoms with E-state index >= 15 is 0 Å². The molecule has 0 N–H and O–H groups in total. The van der Waals surface area contributed by atoms with Crippen molar-refractivity contribution in [1.82, 2.24) is 19.7 Å². The van der Waals surface area contributed by atoms with Crippen molar-refractivity contribution in [2.75, 3.05) is 38.2 Å². The summed E-state index contributed by atoms with van der Waals surface area (Å²) < 4.78 is 7.25. The third-order valence-electron chi connectivity index (χ3n) is 4.54. The second-order valence-corrected chi connectivity index (χ2v) is 6.01. The summed E-state index contributed by atoms with van der Waals surface area (Å²) in [5.74, 6) is 1.81. The van der Waals surface area contributed by atoms with Crippen molar-refractivity contribution in [3.05, 3.63) is 48.8 Å². The van der Waals surface area contributed by atoms with Gasteiger partial charge in [-0.15, -0.1) is 0 Å². The molecule has 0 bridgehead atoms. The molecular weight excluding hydrogens is 302 g/mol. The summed E-state index contributed by atoms with van der Waals surface area (Å²) in [6, 6.07) is 12.3. The highest BCUT2D eigenvalue weighted by atomic mass is 16.5. The molecule has 3 aromatic rings. The monoisotopic (exact) mass is 323 g/mol. The quantitative estimate of drug-likeness (QED) is 0.737. The molecule has 0 spiro atoms. The molecule has 1 saturated heterocycles. The molecular formula is C18H21N5O. The van der Waals surface area contributed by atoms with E-state index in [-0.39, 0.29) is 0 Å². The zero-order chi connectivity index (χ0) is 16.4. The lowest BCUT2D eigenvalue weighted by molar-refractivity contribution is 0.199. The third-order valence-corrected chi connectivity index (χ3v) is 4.54. The summed E-state index contributed by atoms with van der Waals surface area (Å²) in [4.78, 5) is 9.23. The fourth-order valence-electron chi connectivity index (χ4n) is 3.13. The highest BCUT2D eigenvalue weighted by molar-refractivity contribution is 5.78. The molecule has 4 rings (SSSR count). The molecule has 6 heteroatoms. The summed E-state index contributed by atoms with van der Waals surface area (Å²) in [6.07, 6.45) is 3.71. The molecule has 0 aliphatic carbocycles. The minimum Gasteiger partial charge on any atom is -0.495 e. The number of piperazine rings is 1. The fourth-order valence-corrected chi connectivity index (χ4v) is 3.13. The van der Waals surface area contributed by atoms with Crippen LogP contribution in [0.1, 0.15) is 0 Å². The molecule has 0 unspecified atom stereocenters. The van der Waals surface area contributed by atoms with Crippen molar-refractivity contribution in [1.29, 1.82) is 0 Å². The number of methoxy groups -OCH3 is 1. The van der Waals surface area contributed by atoms with Crippen LogP contribution in [0.25, 0.3) is 10.9 Å². The van der Waals surface area contributed by atoms with Crippen LogP contribution in [-0.4, -0.2) is 53.0 Å². The van der Waals surface area contributed by atoms with Crippen LogP contribution in [0, 0.1) is 0 Å². The van der Waals surface area contributed by atoms with E-state index in [2.05, 4.69) is 48.8 Å². The number of nitrogens with zero attached hydrogens (tertiary/aromatic N) is 5. The summed E-state index contributed by atoms with van der Waals surface area (Å²) in [7, 11) is 1.66. The molecule has 1 fully saturated rings. The lowest BCUT2D eigenvalue weighted by Crippen LogP contribution is -2.47. The maximum atomic E-state index is 5.17. The van der Waals surface area contributed by atoms with Gasteiger partial charge >= 0.3 is 0 Å². The van der Waals surface area contributed by atoms with Crippen molar-refractivity contribution >= 4 is 16.7 Å². The number of benzene rings is 1. The van der Waals surface area contributed by atoms with Gasteiger partial charge in [0.05, 0.1) is 31.7 Å². The van der Waals surface area contributed by atoms with E-state index in [0.29, 0.717) is 0 Å². The molecule has 1 aromatic carbocycles. The maximum absolute atomic E-state index is 5.17. The van der Waals surface area contributed by atoms with Crippen LogP contribution >= 0.6 is 0 Å². The van der Waals surface area contributed by atoms with Crippen molar-refractivity contribution in [2.24, 2.45) is 0 Å². The van der Waals surface area contributed by atoms with E-state index in [1.54, 1.807) is 13.3 Å². The van der Waals surface area contributed by atoms with Gasteiger partial charge in [0.25, 0.3) is 0 Å². The maximum Gasteiger partial charge on any atom is 0.137 e. The van der Waals surface area contributed by atoms with Crippen LogP contribution < -0.4 is 9.64 Å². The Morgan fingerprint density at radius 3 is 2.58 bits per heavy atom. The van der Waals surface area contributed by atoms with E-state index in [4.69, 9.17) is 4.74 Å². The Bertz CT molecular complexity index is 806. The smallest absolute Gasteiger partial charge is 0.137 e. The Hall–Kier alpha value is -2.60. The normalized spacial score (nSPS) is 15.8. The first-order valence-electron chi connectivity index (χ1n) is 8.21. The Kier molecular flexibility index (Phi) is 4.04. The zero-order valence-electron chi connectivity index (χ0n) is 13.8. The van der Waals surface area contributed by atoms with E-state index in [1.807, 2.05) is 18.3 Å². The van der Waals surface area contributed by atoms with Crippen LogP contribution in [0.4, 0.5) is 5.82 Å².